The van der Waals surface area contributed by atoms with Crippen LogP contribution in [0.1, 0.15) is 43.4 Å². The van der Waals surface area contributed by atoms with Crippen molar-refractivity contribution in [1.82, 2.24) is 10.2 Å². The summed E-state index contributed by atoms with van der Waals surface area (Å²) >= 11 is 0. The molecule has 1 saturated heterocycles. The molecule has 1 aromatic rings. The predicted octanol–water partition coefficient (Wildman–Crippen LogP) is 3.38. The number of hydrogen-bond acceptors (Lipinski definition) is 2. The number of nitrogens with one attached hydrogen (secondary N) is 1. The Balaban J connectivity index is 2.06. The second-order valence-electron chi connectivity index (χ2n) is 5.90. The number of likely N-dealkylation sites (tertiary alicyclic amines) is 1. The standard InChI is InChI=1S/C17H28N2/c1-4-17(16-9-7-14(2)8-10-16)19-11-5-6-15(13-19)12-18-3/h7-10,15,17-18H,4-6,11-13H2,1-3H3. The summed E-state index contributed by atoms with van der Waals surface area (Å²) < 4.78 is 0. The van der Waals surface area contributed by atoms with Crippen LogP contribution < -0.4 is 5.32 Å². The molecule has 0 spiro atoms. The Kier molecular flexibility index (Phi) is 5.41. The summed E-state index contributed by atoms with van der Waals surface area (Å²) in [5, 5.41) is 3.34. The lowest BCUT2D eigenvalue weighted by molar-refractivity contribution is 0.119. The highest BCUT2D eigenvalue weighted by Gasteiger charge is 2.25. The van der Waals surface area contributed by atoms with Crippen LogP contribution in [0.4, 0.5) is 0 Å². The number of nitrogens with zero attached hydrogens (tertiary/aromatic N) is 1. The lowest BCUT2D eigenvalue weighted by Crippen LogP contribution is -2.41. The Bertz CT molecular complexity index is 369. The summed E-state index contributed by atoms with van der Waals surface area (Å²) in [5.41, 5.74) is 2.84. The average Bonchev–Trinajstić information content (AvgIpc) is 2.43. The van der Waals surface area contributed by atoms with Crippen molar-refractivity contribution in [3.05, 3.63) is 35.4 Å². The SMILES string of the molecule is CCC(c1ccc(C)cc1)N1CCCC(CNC)C1. The van der Waals surface area contributed by atoms with E-state index in [-0.39, 0.29) is 0 Å². The smallest absolute Gasteiger partial charge is 0.0345 e. The van der Waals surface area contributed by atoms with Crippen LogP contribution in [0.25, 0.3) is 0 Å². The molecule has 1 aliphatic heterocycles. The quantitative estimate of drug-likeness (QED) is 0.873. The highest BCUT2D eigenvalue weighted by atomic mass is 15.2. The van der Waals surface area contributed by atoms with Gasteiger partial charge in [-0.15, -0.1) is 0 Å². The van der Waals surface area contributed by atoms with E-state index in [0.29, 0.717) is 6.04 Å². The zero-order chi connectivity index (χ0) is 13.7. The third kappa shape index (κ3) is 3.80. The van der Waals surface area contributed by atoms with Crippen LogP contribution >= 0.6 is 0 Å². The van der Waals surface area contributed by atoms with Crippen LogP contribution in [0, 0.1) is 12.8 Å². The molecule has 0 amide bonds. The first-order valence-corrected chi connectivity index (χ1v) is 7.69. The fraction of sp³-hybridized carbons (Fsp3) is 0.647. The lowest BCUT2D eigenvalue weighted by atomic mass is 9.93. The maximum absolute atomic E-state index is 3.34. The first-order chi connectivity index (χ1) is 9.24. The Morgan fingerprint density at radius 1 is 1.32 bits per heavy atom. The van der Waals surface area contributed by atoms with Crippen LogP contribution in [-0.2, 0) is 0 Å². The van der Waals surface area contributed by atoms with Crippen molar-refractivity contribution in [3.63, 3.8) is 0 Å². The van der Waals surface area contributed by atoms with Gasteiger partial charge in [0.25, 0.3) is 0 Å². The van der Waals surface area contributed by atoms with E-state index in [9.17, 15) is 0 Å². The molecule has 2 nitrogen and oxygen atoms in total. The molecule has 1 heterocycles. The Labute approximate surface area is 118 Å². The predicted molar refractivity (Wildman–Crippen MR) is 82.4 cm³/mol. The molecule has 0 aromatic heterocycles. The fourth-order valence-electron chi connectivity index (χ4n) is 3.33. The van der Waals surface area contributed by atoms with E-state index < -0.39 is 0 Å². The third-order valence-electron chi connectivity index (χ3n) is 4.33. The molecule has 1 aliphatic rings. The minimum atomic E-state index is 0.597. The minimum absolute atomic E-state index is 0.597. The molecule has 2 rings (SSSR count). The first kappa shape index (κ1) is 14.5. The zero-order valence-corrected chi connectivity index (χ0v) is 12.7. The van der Waals surface area contributed by atoms with Crippen LogP contribution in [-0.4, -0.2) is 31.6 Å². The second kappa shape index (κ2) is 7.06. The summed E-state index contributed by atoms with van der Waals surface area (Å²) in [7, 11) is 2.07. The number of benzene rings is 1. The van der Waals surface area contributed by atoms with Gasteiger partial charge in [-0.05, 0) is 57.8 Å². The van der Waals surface area contributed by atoms with E-state index in [4.69, 9.17) is 0 Å². The van der Waals surface area contributed by atoms with Gasteiger partial charge in [-0.25, -0.2) is 0 Å². The molecule has 2 atom stereocenters. The normalized spacial score (nSPS) is 22.4. The molecule has 0 aliphatic carbocycles. The lowest BCUT2D eigenvalue weighted by Gasteiger charge is -2.38. The Hall–Kier alpha value is -0.860. The van der Waals surface area contributed by atoms with Gasteiger partial charge in [-0.1, -0.05) is 36.8 Å². The van der Waals surface area contributed by atoms with Crippen molar-refractivity contribution in [2.75, 3.05) is 26.7 Å². The molecule has 0 bridgehead atoms. The maximum atomic E-state index is 3.34. The highest BCUT2D eigenvalue weighted by Crippen LogP contribution is 2.29. The molecule has 0 saturated carbocycles. The topological polar surface area (TPSA) is 15.3 Å². The van der Waals surface area contributed by atoms with E-state index in [1.807, 2.05) is 0 Å². The summed E-state index contributed by atoms with van der Waals surface area (Å²) in [4.78, 5) is 2.69. The number of hydrogen-bond donors (Lipinski definition) is 1. The van der Waals surface area contributed by atoms with Crippen molar-refractivity contribution >= 4 is 0 Å². The van der Waals surface area contributed by atoms with Gasteiger partial charge in [0.05, 0.1) is 0 Å². The average molecular weight is 260 g/mol. The molecule has 0 radical (unpaired) electrons. The highest BCUT2D eigenvalue weighted by molar-refractivity contribution is 5.24. The van der Waals surface area contributed by atoms with Crippen molar-refractivity contribution in [3.8, 4) is 0 Å². The van der Waals surface area contributed by atoms with E-state index >= 15 is 0 Å². The first-order valence-electron chi connectivity index (χ1n) is 7.69. The van der Waals surface area contributed by atoms with Crippen LogP contribution in [0.2, 0.25) is 0 Å². The number of rotatable bonds is 5. The Morgan fingerprint density at radius 2 is 2.05 bits per heavy atom. The van der Waals surface area contributed by atoms with Crippen LogP contribution in [0.15, 0.2) is 24.3 Å². The van der Waals surface area contributed by atoms with Gasteiger partial charge in [0, 0.05) is 12.6 Å². The van der Waals surface area contributed by atoms with Gasteiger partial charge in [0.1, 0.15) is 0 Å². The molecular weight excluding hydrogens is 232 g/mol. The molecular formula is C17H28N2. The molecule has 2 unspecified atom stereocenters. The molecule has 1 aromatic carbocycles. The Morgan fingerprint density at radius 3 is 2.68 bits per heavy atom. The van der Waals surface area contributed by atoms with E-state index in [1.165, 1.54) is 43.5 Å². The van der Waals surface area contributed by atoms with Crippen LogP contribution in [0.3, 0.4) is 0 Å². The molecule has 106 valence electrons. The van der Waals surface area contributed by atoms with E-state index in [1.54, 1.807) is 0 Å². The van der Waals surface area contributed by atoms with Gasteiger partial charge < -0.3 is 5.32 Å². The fourth-order valence-corrected chi connectivity index (χ4v) is 3.33. The molecule has 1 fully saturated rings. The van der Waals surface area contributed by atoms with Gasteiger partial charge >= 0.3 is 0 Å². The summed E-state index contributed by atoms with van der Waals surface area (Å²) in [5.74, 6) is 0.818. The van der Waals surface area contributed by atoms with Gasteiger partial charge in [0.2, 0.25) is 0 Å². The van der Waals surface area contributed by atoms with Crippen molar-refractivity contribution in [2.24, 2.45) is 5.92 Å². The van der Waals surface area contributed by atoms with E-state index in [0.717, 1.165) is 12.5 Å². The summed E-state index contributed by atoms with van der Waals surface area (Å²) in [6.45, 7) is 8.13. The second-order valence-corrected chi connectivity index (χ2v) is 5.90. The molecule has 2 heteroatoms. The monoisotopic (exact) mass is 260 g/mol. The van der Waals surface area contributed by atoms with Crippen molar-refractivity contribution in [1.29, 1.82) is 0 Å². The zero-order valence-electron chi connectivity index (χ0n) is 12.7. The third-order valence-corrected chi connectivity index (χ3v) is 4.33. The van der Waals surface area contributed by atoms with Gasteiger partial charge in [0.15, 0.2) is 0 Å². The van der Waals surface area contributed by atoms with Crippen molar-refractivity contribution in [2.45, 2.75) is 39.2 Å². The minimum Gasteiger partial charge on any atom is -0.319 e. The number of aryl methyl sites for hydroxylation is 1. The molecule has 1 N–H and O–H groups in total. The number of piperidine rings is 1. The van der Waals surface area contributed by atoms with E-state index in [2.05, 4.69) is 55.4 Å². The maximum Gasteiger partial charge on any atom is 0.0345 e. The summed E-state index contributed by atoms with van der Waals surface area (Å²) in [6.07, 6.45) is 3.92. The largest absolute Gasteiger partial charge is 0.319 e. The van der Waals surface area contributed by atoms with Gasteiger partial charge in [-0.3, -0.25) is 4.90 Å². The summed E-state index contributed by atoms with van der Waals surface area (Å²) in [6, 6.07) is 9.71. The van der Waals surface area contributed by atoms with Crippen molar-refractivity contribution < 1.29 is 0 Å². The van der Waals surface area contributed by atoms with Gasteiger partial charge in [-0.2, -0.15) is 0 Å². The van der Waals surface area contributed by atoms with Crippen LogP contribution in [0.5, 0.6) is 0 Å². The molecule has 19 heavy (non-hydrogen) atoms.